The van der Waals surface area contributed by atoms with Gasteiger partial charge < -0.3 is 5.11 Å². The molecule has 5 heteroatoms. The van der Waals surface area contributed by atoms with Crippen LogP contribution in [0.5, 0.6) is 0 Å². The van der Waals surface area contributed by atoms with E-state index in [1.807, 2.05) is 0 Å². The van der Waals surface area contributed by atoms with Crippen LogP contribution in [0.25, 0.3) is 0 Å². The Kier molecular flexibility index (Phi) is 4.77. The topological polar surface area (TPSA) is 71.4 Å². The van der Waals surface area contributed by atoms with Crippen LogP contribution in [0.4, 0.5) is 0 Å². The fourth-order valence-electron chi connectivity index (χ4n) is 1.01. The van der Waals surface area contributed by atoms with E-state index in [0.717, 1.165) is 0 Å². The van der Waals surface area contributed by atoms with Gasteiger partial charge in [0.15, 0.2) is 9.84 Å². The summed E-state index contributed by atoms with van der Waals surface area (Å²) in [5, 5.41) is 8.62. The zero-order valence-corrected chi connectivity index (χ0v) is 10.6. The zero-order chi connectivity index (χ0) is 12.3. The number of carboxylic acid groups (broad SMARTS) is 1. The number of hydrogen-bond donors (Lipinski definition) is 1. The summed E-state index contributed by atoms with van der Waals surface area (Å²) in [4.78, 5) is 10.5. The minimum Gasteiger partial charge on any atom is -0.481 e. The normalized spacial score (nSPS) is 14.9. The van der Waals surface area contributed by atoms with Gasteiger partial charge in [0.25, 0.3) is 0 Å². The fraction of sp³-hybridized carbons (Fsp3) is 0.900. The molecule has 0 spiro atoms. The Hall–Kier alpha value is -0.580. The molecular formula is C10H20O4S. The molecule has 1 N–H and O–H groups in total. The molecule has 15 heavy (non-hydrogen) atoms. The Labute approximate surface area is 91.6 Å². The summed E-state index contributed by atoms with van der Waals surface area (Å²) in [6.45, 7) is 6.56. The Morgan fingerprint density at radius 3 is 2.13 bits per heavy atom. The summed E-state index contributed by atoms with van der Waals surface area (Å²) in [7, 11) is -3.11. The SMILES string of the molecule is CC(CCCS(=O)(=O)C(C)(C)C)C(=O)O. The number of carbonyl (C=O) groups is 1. The minimum atomic E-state index is -3.11. The molecule has 0 heterocycles. The number of rotatable bonds is 5. The largest absolute Gasteiger partial charge is 0.481 e. The second kappa shape index (κ2) is 4.96. The monoisotopic (exact) mass is 236 g/mol. The van der Waals surface area contributed by atoms with Gasteiger partial charge in [-0.3, -0.25) is 4.79 Å². The summed E-state index contributed by atoms with van der Waals surface area (Å²) in [6, 6.07) is 0. The first-order valence-electron chi connectivity index (χ1n) is 5.03. The molecule has 0 radical (unpaired) electrons. The standard InChI is InChI=1S/C10H20O4S/c1-8(9(11)12)6-5-7-15(13,14)10(2,3)4/h8H,5-7H2,1-4H3,(H,11,12). The third kappa shape index (κ3) is 4.64. The quantitative estimate of drug-likeness (QED) is 0.788. The summed E-state index contributed by atoms with van der Waals surface area (Å²) in [6.07, 6.45) is 0.817. The van der Waals surface area contributed by atoms with Crippen molar-refractivity contribution in [2.45, 2.75) is 45.3 Å². The molecule has 0 saturated heterocycles. The summed E-state index contributed by atoms with van der Waals surface area (Å²) in [5.41, 5.74) is 0. The highest BCUT2D eigenvalue weighted by molar-refractivity contribution is 7.92. The van der Waals surface area contributed by atoms with Crippen molar-refractivity contribution in [2.75, 3.05) is 5.75 Å². The lowest BCUT2D eigenvalue weighted by Crippen LogP contribution is -2.30. The molecule has 0 aromatic heterocycles. The molecule has 0 aliphatic carbocycles. The van der Waals surface area contributed by atoms with Crippen molar-refractivity contribution in [2.24, 2.45) is 5.92 Å². The van der Waals surface area contributed by atoms with Crippen molar-refractivity contribution in [3.05, 3.63) is 0 Å². The van der Waals surface area contributed by atoms with Crippen LogP contribution in [-0.4, -0.2) is 30.0 Å². The molecular weight excluding hydrogens is 216 g/mol. The van der Waals surface area contributed by atoms with Gasteiger partial charge >= 0.3 is 5.97 Å². The van der Waals surface area contributed by atoms with Crippen LogP contribution >= 0.6 is 0 Å². The molecule has 0 bridgehead atoms. The van der Waals surface area contributed by atoms with Crippen molar-refractivity contribution >= 4 is 15.8 Å². The van der Waals surface area contributed by atoms with E-state index in [-0.39, 0.29) is 5.75 Å². The smallest absolute Gasteiger partial charge is 0.306 e. The van der Waals surface area contributed by atoms with Crippen molar-refractivity contribution in [1.29, 1.82) is 0 Å². The first-order valence-corrected chi connectivity index (χ1v) is 6.68. The van der Waals surface area contributed by atoms with E-state index in [2.05, 4.69) is 0 Å². The molecule has 0 amide bonds. The summed E-state index contributed by atoms with van der Waals surface area (Å²) < 4.78 is 22.6. The number of aliphatic carboxylic acids is 1. The predicted octanol–water partition coefficient (Wildman–Crippen LogP) is 1.70. The van der Waals surface area contributed by atoms with Crippen LogP contribution in [0.1, 0.15) is 40.5 Å². The Morgan fingerprint density at radius 1 is 1.33 bits per heavy atom. The van der Waals surface area contributed by atoms with Crippen molar-refractivity contribution < 1.29 is 18.3 Å². The lowest BCUT2D eigenvalue weighted by atomic mass is 10.1. The van der Waals surface area contributed by atoms with Gasteiger partial charge in [0.05, 0.1) is 16.4 Å². The van der Waals surface area contributed by atoms with Crippen molar-refractivity contribution in [3.63, 3.8) is 0 Å². The second-order valence-corrected chi connectivity index (χ2v) is 7.68. The molecule has 1 unspecified atom stereocenters. The molecule has 1 atom stereocenters. The summed E-state index contributed by atoms with van der Waals surface area (Å²) >= 11 is 0. The minimum absolute atomic E-state index is 0.0636. The van der Waals surface area contributed by atoms with Gasteiger partial charge in [0.1, 0.15) is 0 Å². The third-order valence-corrected chi connectivity index (χ3v) is 5.10. The Bertz CT molecular complexity index is 311. The highest BCUT2D eigenvalue weighted by atomic mass is 32.2. The van der Waals surface area contributed by atoms with E-state index in [1.54, 1.807) is 27.7 Å². The molecule has 0 aliphatic heterocycles. The molecule has 0 aliphatic rings. The Balaban J connectivity index is 4.14. The van der Waals surface area contributed by atoms with E-state index in [1.165, 1.54) is 0 Å². The average molecular weight is 236 g/mol. The second-order valence-electron chi connectivity index (χ2n) is 4.81. The van der Waals surface area contributed by atoms with E-state index < -0.39 is 26.5 Å². The highest BCUT2D eigenvalue weighted by Gasteiger charge is 2.28. The number of sulfone groups is 1. The highest BCUT2D eigenvalue weighted by Crippen LogP contribution is 2.18. The molecule has 90 valence electrons. The number of hydrogen-bond acceptors (Lipinski definition) is 3. The van der Waals surface area contributed by atoms with Crippen LogP contribution < -0.4 is 0 Å². The Morgan fingerprint density at radius 2 is 1.80 bits per heavy atom. The maximum absolute atomic E-state index is 11.7. The van der Waals surface area contributed by atoms with E-state index in [4.69, 9.17) is 5.11 Å². The number of carboxylic acids is 1. The third-order valence-electron chi connectivity index (χ3n) is 2.40. The lowest BCUT2D eigenvalue weighted by Gasteiger charge is -2.19. The van der Waals surface area contributed by atoms with Gasteiger partial charge in [-0.1, -0.05) is 6.92 Å². The van der Waals surface area contributed by atoms with Crippen LogP contribution in [0.2, 0.25) is 0 Å². The zero-order valence-electron chi connectivity index (χ0n) is 9.78. The van der Waals surface area contributed by atoms with E-state index in [0.29, 0.717) is 12.8 Å². The van der Waals surface area contributed by atoms with Crippen molar-refractivity contribution in [1.82, 2.24) is 0 Å². The van der Waals surface area contributed by atoms with Gasteiger partial charge in [0.2, 0.25) is 0 Å². The van der Waals surface area contributed by atoms with Crippen LogP contribution in [-0.2, 0) is 14.6 Å². The van der Waals surface area contributed by atoms with Gasteiger partial charge in [-0.25, -0.2) is 8.42 Å². The van der Waals surface area contributed by atoms with E-state index >= 15 is 0 Å². The predicted molar refractivity (Wildman–Crippen MR) is 59.6 cm³/mol. The summed E-state index contributed by atoms with van der Waals surface area (Å²) in [5.74, 6) is -1.28. The molecule has 0 aromatic carbocycles. The van der Waals surface area contributed by atoms with E-state index in [9.17, 15) is 13.2 Å². The van der Waals surface area contributed by atoms with Gasteiger partial charge in [-0.2, -0.15) is 0 Å². The maximum Gasteiger partial charge on any atom is 0.306 e. The molecule has 0 rings (SSSR count). The van der Waals surface area contributed by atoms with Crippen LogP contribution in [0, 0.1) is 5.92 Å². The lowest BCUT2D eigenvalue weighted by molar-refractivity contribution is -0.141. The molecule has 4 nitrogen and oxygen atoms in total. The van der Waals surface area contributed by atoms with Gasteiger partial charge in [-0.05, 0) is 33.6 Å². The molecule has 0 aromatic rings. The first-order chi connectivity index (χ1) is 6.58. The maximum atomic E-state index is 11.7. The fourth-order valence-corrected chi connectivity index (χ4v) is 2.17. The van der Waals surface area contributed by atoms with Crippen LogP contribution in [0.3, 0.4) is 0 Å². The first kappa shape index (κ1) is 14.4. The van der Waals surface area contributed by atoms with Crippen molar-refractivity contribution in [3.8, 4) is 0 Å². The van der Waals surface area contributed by atoms with Gasteiger partial charge in [0, 0.05) is 0 Å². The average Bonchev–Trinajstić information content (AvgIpc) is 2.01. The molecule has 0 fully saturated rings. The van der Waals surface area contributed by atoms with Crippen LogP contribution in [0.15, 0.2) is 0 Å². The van der Waals surface area contributed by atoms with Gasteiger partial charge in [-0.15, -0.1) is 0 Å². The molecule has 0 saturated carbocycles.